The number of aromatic amines is 1. The molecule has 1 aliphatic carbocycles. The molecule has 2 N–H and O–H groups in total. The number of fused-ring (bicyclic) bond motifs is 3. The number of benzene rings is 2. The Morgan fingerprint density at radius 3 is 2.71 bits per heavy atom. The Bertz CT molecular complexity index is 991. The molecule has 1 atom stereocenters. The van der Waals surface area contributed by atoms with Crippen LogP contribution in [-0.2, 0) is 22.9 Å². The van der Waals surface area contributed by atoms with Crippen molar-refractivity contribution in [1.82, 2.24) is 9.71 Å². The molecule has 0 fully saturated rings. The SMILES string of the molecule is Cc1ccc2[nH]c3c(c2c1)CC(NS(=O)(=O)c1ccccc1)CC3. The van der Waals surface area contributed by atoms with Crippen molar-refractivity contribution in [3.05, 3.63) is 65.4 Å². The van der Waals surface area contributed by atoms with Gasteiger partial charge in [-0.25, -0.2) is 13.1 Å². The number of aromatic nitrogens is 1. The van der Waals surface area contributed by atoms with E-state index < -0.39 is 10.0 Å². The fourth-order valence-corrected chi connectivity index (χ4v) is 4.81. The van der Waals surface area contributed by atoms with E-state index in [4.69, 9.17) is 0 Å². The summed E-state index contributed by atoms with van der Waals surface area (Å²) in [5.74, 6) is 0. The Labute approximate surface area is 142 Å². The molecular formula is C19H20N2O2S. The van der Waals surface area contributed by atoms with Crippen molar-refractivity contribution in [1.29, 1.82) is 0 Å². The molecule has 1 heterocycles. The highest BCUT2D eigenvalue weighted by Crippen LogP contribution is 2.30. The zero-order valence-corrected chi connectivity index (χ0v) is 14.4. The van der Waals surface area contributed by atoms with Crippen LogP contribution in [0.3, 0.4) is 0 Å². The zero-order chi connectivity index (χ0) is 16.7. The first kappa shape index (κ1) is 15.4. The Morgan fingerprint density at radius 2 is 1.92 bits per heavy atom. The fourth-order valence-electron chi connectivity index (χ4n) is 3.52. The van der Waals surface area contributed by atoms with Crippen LogP contribution in [-0.4, -0.2) is 19.4 Å². The molecule has 5 heteroatoms. The summed E-state index contributed by atoms with van der Waals surface area (Å²) in [5, 5.41) is 1.22. The minimum absolute atomic E-state index is 0.0674. The normalized spacial score (nSPS) is 17.8. The molecule has 1 aliphatic rings. The summed E-state index contributed by atoms with van der Waals surface area (Å²) in [5.41, 5.74) is 4.85. The van der Waals surface area contributed by atoms with Crippen molar-refractivity contribution < 1.29 is 8.42 Å². The van der Waals surface area contributed by atoms with Gasteiger partial charge in [0.1, 0.15) is 0 Å². The first-order valence-electron chi connectivity index (χ1n) is 8.20. The lowest BCUT2D eigenvalue weighted by atomic mass is 9.92. The number of H-pyrrole nitrogens is 1. The molecule has 1 aromatic heterocycles. The average molecular weight is 340 g/mol. The van der Waals surface area contributed by atoms with E-state index in [9.17, 15) is 8.42 Å². The van der Waals surface area contributed by atoms with Crippen LogP contribution in [0.4, 0.5) is 0 Å². The highest BCUT2D eigenvalue weighted by atomic mass is 32.2. The largest absolute Gasteiger partial charge is 0.358 e. The summed E-state index contributed by atoms with van der Waals surface area (Å²) < 4.78 is 28.0. The molecular weight excluding hydrogens is 320 g/mol. The van der Waals surface area contributed by atoms with Crippen molar-refractivity contribution in [2.45, 2.75) is 37.1 Å². The first-order valence-corrected chi connectivity index (χ1v) is 9.69. The van der Waals surface area contributed by atoms with Gasteiger partial charge < -0.3 is 4.98 Å². The lowest BCUT2D eigenvalue weighted by Gasteiger charge is -2.23. The molecule has 1 unspecified atom stereocenters. The Morgan fingerprint density at radius 1 is 1.12 bits per heavy atom. The second-order valence-corrected chi connectivity index (χ2v) is 8.22. The molecule has 0 saturated heterocycles. The average Bonchev–Trinajstić information content (AvgIpc) is 2.93. The molecule has 124 valence electrons. The van der Waals surface area contributed by atoms with E-state index in [-0.39, 0.29) is 6.04 Å². The van der Waals surface area contributed by atoms with Crippen LogP contribution in [0.1, 0.15) is 23.2 Å². The smallest absolute Gasteiger partial charge is 0.240 e. The van der Waals surface area contributed by atoms with Gasteiger partial charge in [0.25, 0.3) is 0 Å². The molecule has 0 amide bonds. The van der Waals surface area contributed by atoms with Gasteiger partial charge in [0.2, 0.25) is 10.0 Å². The van der Waals surface area contributed by atoms with Gasteiger partial charge in [-0.15, -0.1) is 0 Å². The summed E-state index contributed by atoms with van der Waals surface area (Å²) >= 11 is 0. The van der Waals surface area contributed by atoms with Crippen LogP contribution in [0.25, 0.3) is 10.9 Å². The molecule has 0 bridgehead atoms. The van der Waals surface area contributed by atoms with Crippen molar-refractivity contribution in [3.63, 3.8) is 0 Å². The van der Waals surface area contributed by atoms with Gasteiger partial charge in [-0.2, -0.15) is 0 Å². The summed E-state index contributed by atoms with van der Waals surface area (Å²) in [7, 11) is -3.47. The summed E-state index contributed by atoms with van der Waals surface area (Å²) in [6.45, 7) is 2.08. The van der Waals surface area contributed by atoms with Crippen molar-refractivity contribution in [2.75, 3.05) is 0 Å². The lowest BCUT2D eigenvalue weighted by molar-refractivity contribution is 0.506. The summed E-state index contributed by atoms with van der Waals surface area (Å²) in [6.07, 6.45) is 2.40. The van der Waals surface area contributed by atoms with Crippen molar-refractivity contribution in [3.8, 4) is 0 Å². The maximum absolute atomic E-state index is 12.5. The van der Waals surface area contributed by atoms with E-state index in [0.717, 1.165) is 24.8 Å². The monoisotopic (exact) mass is 340 g/mol. The van der Waals surface area contributed by atoms with Crippen LogP contribution >= 0.6 is 0 Å². The number of aryl methyl sites for hydroxylation is 2. The van der Waals surface area contributed by atoms with E-state index in [0.29, 0.717) is 4.90 Å². The minimum atomic E-state index is -3.47. The molecule has 0 radical (unpaired) electrons. The number of nitrogens with one attached hydrogen (secondary N) is 2. The Kier molecular flexibility index (Phi) is 3.70. The molecule has 0 aliphatic heterocycles. The third-order valence-electron chi connectivity index (χ3n) is 4.72. The molecule has 2 aromatic carbocycles. The van der Waals surface area contributed by atoms with Gasteiger partial charge in [0.15, 0.2) is 0 Å². The fraction of sp³-hybridized carbons (Fsp3) is 0.263. The van der Waals surface area contributed by atoms with Crippen molar-refractivity contribution in [2.24, 2.45) is 0 Å². The summed E-state index contributed by atoms with van der Waals surface area (Å²) in [6, 6.07) is 14.9. The molecule has 3 aromatic rings. The molecule has 24 heavy (non-hydrogen) atoms. The number of hydrogen-bond donors (Lipinski definition) is 2. The van der Waals surface area contributed by atoms with Gasteiger partial charge in [-0.05, 0) is 56.0 Å². The Hall–Kier alpha value is -2.11. The van der Waals surface area contributed by atoms with E-state index >= 15 is 0 Å². The van der Waals surface area contributed by atoms with E-state index in [2.05, 4.69) is 34.8 Å². The van der Waals surface area contributed by atoms with Gasteiger partial charge >= 0.3 is 0 Å². The van der Waals surface area contributed by atoms with Crippen LogP contribution in [0.5, 0.6) is 0 Å². The van der Waals surface area contributed by atoms with E-state index in [1.54, 1.807) is 24.3 Å². The predicted molar refractivity (Wildman–Crippen MR) is 95.6 cm³/mol. The molecule has 4 rings (SSSR count). The highest BCUT2D eigenvalue weighted by Gasteiger charge is 2.26. The molecule has 0 saturated carbocycles. The van der Waals surface area contributed by atoms with E-state index in [1.165, 1.54) is 22.2 Å². The third-order valence-corrected chi connectivity index (χ3v) is 6.26. The summed E-state index contributed by atoms with van der Waals surface area (Å²) in [4.78, 5) is 3.81. The van der Waals surface area contributed by atoms with E-state index in [1.807, 2.05) is 6.07 Å². The number of sulfonamides is 1. The number of hydrogen-bond acceptors (Lipinski definition) is 2. The standard InChI is InChI=1S/C19H20N2O2S/c1-13-7-9-18-16(11-13)17-12-14(8-10-19(17)20-18)21-24(22,23)15-5-3-2-4-6-15/h2-7,9,11,14,20-21H,8,10,12H2,1H3. The predicted octanol–water partition coefficient (Wildman–Crippen LogP) is 3.31. The van der Waals surface area contributed by atoms with Gasteiger partial charge in [-0.3, -0.25) is 0 Å². The van der Waals surface area contributed by atoms with Gasteiger partial charge in [-0.1, -0.05) is 29.8 Å². The second-order valence-electron chi connectivity index (χ2n) is 6.51. The van der Waals surface area contributed by atoms with Crippen LogP contribution < -0.4 is 4.72 Å². The quantitative estimate of drug-likeness (QED) is 0.768. The highest BCUT2D eigenvalue weighted by molar-refractivity contribution is 7.89. The molecule has 4 nitrogen and oxygen atoms in total. The molecule has 0 spiro atoms. The number of rotatable bonds is 3. The lowest BCUT2D eigenvalue weighted by Crippen LogP contribution is -2.38. The minimum Gasteiger partial charge on any atom is -0.358 e. The zero-order valence-electron chi connectivity index (χ0n) is 13.5. The van der Waals surface area contributed by atoms with Gasteiger partial charge in [0, 0.05) is 22.6 Å². The Balaban J connectivity index is 1.62. The van der Waals surface area contributed by atoms with Crippen molar-refractivity contribution >= 4 is 20.9 Å². The van der Waals surface area contributed by atoms with Crippen LogP contribution in [0.15, 0.2) is 53.4 Å². The third kappa shape index (κ3) is 2.74. The second kappa shape index (κ2) is 5.76. The maximum atomic E-state index is 12.5. The topological polar surface area (TPSA) is 62.0 Å². The maximum Gasteiger partial charge on any atom is 0.240 e. The van der Waals surface area contributed by atoms with Crippen LogP contribution in [0, 0.1) is 6.92 Å². The van der Waals surface area contributed by atoms with Gasteiger partial charge in [0.05, 0.1) is 4.90 Å². The van der Waals surface area contributed by atoms with Crippen LogP contribution in [0.2, 0.25) is 0 Å². The first-order chi connectivity index (χ1) is 11.5.